The van der Waals surface area contributed by atoms with Gasteiger partial charge in [0.25, 0.3) is 0 Å². The minimum absolute atomic E-state index is 0.0255. The van der Waals surface area contributed by atoms with Gasteiger partial charge in [-0.25, -0.2) is 5.43 Å². The summed E-state index contributed by atoms with van der Waals surface area (Å²) >= 11 is 0. The van der Waals surface area contributed by atoms with E-state index in [0.29, 0.717) is 6.42 Å². The summed E-state index contributed by atoms with van der Waals surface area (Å²) < 4.78 is 0. The number of nitrogens with two attached hydrogens (primary N) is 1. The average Bonchev–Trinajstić information content (AvgIpc) is 2.65. The van der Waals surface area contributed by atoms with Crippen molar-refractivity contribution in [3.8, 4) is 0 Å². The molecule has 0 rings (SSSR count). The Hall–Kier alpha value is -1.68. The Balaban J connectivity index is 3.85. The van der Waals surface area contributed by atoms with Crippen LogP contribution in [0.3, 0.4) is 0 Å². The van der Waals surface area contributed by atoms with E-state index in [1.54, 1.807) is 0 Å². The highest BCUT2D eigenvalue weighted by molar-refractivity contribution is 6.39. The number of amides is 1. The van der Waals surface area contributed by atoms with Crippen LogP contribution in [-0.2, 0) is 19.2 Å². The van der Waals surface area contributed by atoms with E-state index in [9.17, 15) is 19.2 Å². The van der Waals surface area contributed by atoms with E-state index in [1.165, 1.54) is 0 Å². The van der Waals surface area contributed by atoms with Crippen LogP contribution in [-0.4, -0.2) is 62.5 Å². The largest absolute Gasteiger partial charge is 0.347 e. The quantitative estimate of drug-likeness (QED) is 0.0894. The summed E-state index contributed by atoms with van der Waals surface area (Å²) in [4.78, 5) is 47.2. The minimum Gasteiger partial charge on any atom is -0.347 e. The van der Waals surface area contributed by atoms with Crippen molar-refractivity contribution in [1.82, 2.24) is 21.4 Å². The Labute approximate surface area is 167 Å². The molecule has 0 heterocycles. The summed E-state index contributed by atoms with van der Waals surface area (Å²) in [7, 11) is 1.93. The van der Waals surface area contributed by atoms with Gasteiger partial charge in [0.15, 0.2) is 0 Å². The SMILES string of the molecule is CNCCCCCCCC(=O)CNCC(=O)C(=O)CNC(=O)[C@@H](NN)C(C)C. The lowest BCUT2D eigenvalue weighted by Crippen LogP contribution is -2.51. The van der Waals surface area contributed by atoms with Gasteiger partial charge in [-0.3, -0.25) is 25.0 Å². The predicted molar refractivity (Wildman–Crippen MR) is 108 cm³/mol. The van der Waals surface area contributed by atoms with E-state index in [-0.39, 0.29) is 31.3 Å². The van der Waals surface area contributed by atoms with Crippen molar-refractivity contribution in [2.75, 3.05) is 33.2 Å². The number of hydrazine groups is 1. The molecule has 0 bridgehead atoms. The third-order valence-electron chi connectivity index (χ3n) is 4.35. The molecule has 162 valence electrons. The normalized spacial score (nSPS) is 12.0. The summed E-state index contributed by atoms with van der Waals surface area (Å²) in [6.07, 6.45) is 5.73. The lowest BCUT2D eigenvalue weighted by molar-refractivity contribution is -0.136. The highest BCUT2D eigenvalue weighted by Gasteiger charge is 2.22. The molecule has 0 saturated carbocycles. The number of Topliss-reactive ketones (excluding diaryl/α,β-unsaturated/α-hetero) is 3. The summed E-state index contributed by atoms with van der Waals surface area (Å²) in [5.74, 6) is 3.45. The molecule has 0 aromatic heterocycles. The van der Waals surface area contributed by atoms with Gasteiger partial charge >= 0.3 is 0 Å². The molecule has 9 heteroatoms. The summed E-state index contributed by atoms with van der Waals surface area (Å²) in [5.41, 5.74) is 2.37. The zero-order valence-electron chi connectivity index (χ0n) is 17.4. The van der Waals surface area contributed by atoms with E-state index in [4.69, 9.17) is 5.84 Å². The number of carbonyl (C=O) groups excluding carboxylic acids is 4. The van der Waals surface area contributed by atoms with E-state index < -0.39 is 23.5 Å². The van der Waals surface area contributed by atoms with Gasteiger partial charge in [-0.05, 0) is 32.4 Å². The molecule has 0 spiro atoms. The highest BCUT2D eigenvalue weighted by Crippen LogP contribution is 2.05. The molecule has 0 aliphatic rings. The first-order valence-corrected chi connectivity index (χ1v) is 10.00. The number of hydrogen-bond acceptors (Lipinski definition) is 8. The molecule has 0 aromatic carbocycles. The molecule has 0 radical (unpaired) electrons. The standard InChI is InChI=1S/C19H37N5O4/c1-14(2)18(24-20)19(28)23-13-17(27)16(26)12-22-11-15(25)9-7-5-4-6-8-10-21-3/h14,18,21-22,24H,4-13,20H2,1-3H3,(H,23,28)/t18-/m0/s1. The molecule has 0 unspecified atom stereocenters. The van der Waals surface area contributed by atoms with Crippen molar-refractivity contribution in [2.45, 2.75) is 58.4 Å². The number of hydrogen-bond donors (Lipinski definition) is 5. The van der Waals surface area contributed by atoms with Crippen LogP contribution in [0.4, 0.5) is 0 Å². The maximum atomic E-state index is 11.9. The third-order valence-corrected chi connectivity index (χ3v) is 4.35. The molecule has 0 aliphatic heterocycles. The predicted octanol–water partition coefficient (Wildman–Crippen LogP) is -0.553. The van der Waals surface area contributed by atoms with Crippen LogP contribution < -0.4 is 27.2 Å². The van der Waals surface area contributed by atoms with Crippen LogP contribution in [0.1, 0.15) is 52.4 Å². The smallest absolute Gasteiger partial charge is 0.239 e. The Bertz CT molecular complexity index is 497. The van der Waals surface area contributed by atoms with Crippen LogP contribution in [0.25, 0.3) is 0 Å². The molecule has 0 aromatic rings. The zero-order chi connectivity index (χ0) is 21.4. The highest BCUT2D eigenvalue weighted by atomic mass is 16.2. The summed E-state index contributed by atoms with van der Waals surface area (Å²) in [6, 6.07) is -0.637. The number of ketones is 3. The molecule has 0 saturated heterocycles. The van der Waals surface area contributed by atoms with Crippen molar-refractivity contribution in [3.05, 3.63) is 0 Å². The van der Waals surface area contributed by atoms with Crippen molar-refractivity contribution in [3.63, 3.8) is 0 Å². The molecular formula is C19H37N5O4. The van der Waals surface area contributed by atoms with Gasteiger partial charge in [0, 0.05) is 6.42 Å². The number of unbranched alkanes of at least 4 members (excludes halogenated alkanes) is 4. The number of carbonyl (C=O) groups is 4. The van der Waals surface area contributed by atoms with E-state index in [2.05, 4.69) is 21.4 Å². The maximum Gasteiger partial charge on any atom is 0.239 e. The van der Waals surface area contributed by atoms with E-state index in [0.717, 1.165) is 38.6 Å². The van der Waals surface area contributed by atoms with Gasteiger partial charge < -0.3 is 16.0 Å². The molecule has 9 nitrogen and oxygen atoms in total. The second-order valence-electron chi connectivity index (χ2n) is 7.22. The maximum absolute atomic E-state index is 11.9. The minimum atomic E-state index is -0.714. The van der Waals surface area contributed by atoms with Crippen molar-refractivity contribution in [1.29, 1.82) is 0 Å². The Morgan fingerprint density at radius 1 is 0.857 bits per heavy atom. The summed E-state index contributed by atoms with van der Waals surface area (Å²) in [6.45, 7) is 4.10. The van der Waals surface area contributed by atoms with Gasteiger partial charge in [-0.2, -0.15) is 0 Å². The molecule has 1 amide bonds. The molecular weight excluding hydrogens is 362 g/mol. The van der Waals surface area contributed by atoms with Gasteiger partial charge in [-0.1, -0.05) is 33.1 Å². The van der Waals surface area contributed by atoms with Gasteiger partial charge in [0.1, 0.15) is 11.8 Å². The monoisotopic (exact) mass is 399 g/mol. The summed E-state index contributed by atoms with van der Waals surface area (Å²) in [5, 5.41) is 8.20. The Kier molecular flexibility index (Phi) is 15.3. The van der Waals surface area contributed by atoms with E-state index >= 15 is 0 Å². The van der Waals surface area contributed by atoms with Gasteiger partial charge in [0.05, 0.1) is 19.6 Å². The van der Waals surface area contributed by atoms with Crippen LogP contribution in [0.15, 0.2) is 0 Å². The molecule has 0 fully saturated rings. The van der Waals surface area contributed by atoms with Crippen LogP contribution in [0, 0.1) is 5.92 Å². The van der Waals surface area contributed by atoms with Crippen molar-refractivity contribution in [2.24, 2.45) is 11.8 Å². The first kappa shape index (κ1) is 26.3. The lowest BCUT2D eigenvalue weighted by Gasteiger charge is -2.18. The Morgan fingerprint density at radius 3 is 2.07 bits per heavy atom. The van der Waals surface area contributed by atoms with Crippen LogP contribution >= 0.6 is 0 Å². The molecule has 0 aliphatic carbocycles. The van der Waals surface area contributed by atoms with Crippen molar-refractivity contribution >= 4 is 23.3 Å². The average molecular weight is 400 g/mol. The Morgan fingerprint density at radius 2 is 1.46 bits per heavy atom. The zero-order valence-corrected chi connectivity index (χ0v) is 17.4. The van der Waals surface area contributed by atoms with Gasteiger partial charge in [0.2, 0.25) is 17.5 Å². The van der Waals surface area contributed by atoms with Crippen LogP contribution in [0.2, 0.25) is 0 Å². The van der Waals surface area contributed by atoms with Crippen LogP contribution in [0.5, 0.6) is 0 Å². The first-order valence-electron chi connectivity index (χ1n) is 10.00. The second kappa shape index (κ2) is 16.3. The fourth-order valence-corrected chi connectivity index (χ4v) is 2.60. The van der Waals surface area contributed by atoms with E-state index in [1.807, 2.05) is 20.9 Å². The first-order chi connectivity index (χ1) is 13.3. The third kappa shape index (κ3) is 12.7. The van der Waals surface area contributed by atoms with Gasteiger partial charge in [-0.15, -0.1) is 0 Å². The molecule has 1 atom stereocenters. The number of rotatable bonds is 18. The van der Waals surface area contributed by atoms with Crippen molar-refractivity contribution < 1.29 is 19.2 Å². The molecule has 6 N–H and O–H groups in total. The second-order valence-corrected chi connectivity index (χ2v) is 7.22. The fraction of sp³-hybridized carbons (Fsp3) is 0.789. The topological polar surface area (TPSA) is 142 Å². The fourth-order valence-electron chi connectivity index (χ4n) is 2.60. The number of nitrogens with one attached hydrogen (secondary N) is 4. The lowest BCUT2D eigenvalue weighted by atomic mass is 10.0. The molecule has 28 heavy (non-hydrogen) atoms.